The Bertz CT molecular complexity index is 437. The minimum atomic E-state index is -0.426. The van der Waals surface area contributed by atoms with Gasteiger partial charge in [0.1, 0.15) is 5.60 Å². The van der Waals surface area contributed by atoms with Crippen LogP contribution >= 0.6 is 0 Å². The predicted octanol–water partition coefficient (Wildman–Crippen LogP) is 1.48. The number of benzene rings is 1. The summed E-state index contributed by atoms with van der Waals surface area (Å²) in [5, 5.41) is 0. The molecule has 1 aromatic carbocycles. The fourth-order valence-electron chi connectivity index (χ4n) is 2.11. The highest BCUT2D eigenvalue weighted by Crippen LogP contribution is 2.11. The van der Waals surface area contributed by atoms with Gasteiger partial charge in [-0.1, -0.05) is 35.8 Å². The van der Waals surface area contributed by atoms with Crippen LogP contribution in [-0.4, -0.2) is 55.0 Å². The zero-order valence-corrected chi connectivity index (χ0v) is 12.5. The van der Waals surface area contributed by atoms with Gasteiger partial charge in [-0.3, -0.25) is 0 Å². The molecule has 1 radical (unpaired) electrons. The molecule has 5 heteroatoms. The van der Waals surface area contributed by atoms with Crippen LogP contribution in [0, 0.1) is 0 Å². The molecule has 4 nitrogen and oxygen atoms in total. The summed E-state index contributed by atoms with van der Waals surface area (Å²) >= 11 is 0. The van der Waals surface area contributed by atoms with Gasteiger partial charge in [-0.15, -0.1) is 0 Å². The molecule has 1 fully saturated rings. The molecule has 0 bridgehead atoms. The summed E-state index contributed by atoms with van der Waals surface area (Å²) in [6.45, 7) is 8.78. The number of ether oxygens (including phenoxy) is 1. The molecule has 2 rings (SSSR count). The Kier molecular flexibility index (Phi) is 4.71. The van der Waals surface area contributed by atoms with Crippen LogP contribution in [0.4, 0.5) is 4.79 Å². The van der Waals surface area contributed by atoms with E-state index in [1.807, 2.05) is 39.0 Å². The first-order valence-electron chi connectivity index (χ1n) is 7.06. The Balaban J connectivity index is 1.79. The van der Waals surface area contributed by atoms with E-state index in [9.17, 15) is 4.79 Å². The largest absolute Gasteiger partial charge is 0.444 e. The van der Waals surface area contributed by atoms with Crippen molar-refractivity contribution in [1.82, 2.24) is 9.71 Å². The third-order valence-electron chi connectivity index (χ3n) is 3.10. The van der Waals surface area contributed by atoms with E-state index >= 15 is 0 Å². The van der Waals surface area contributed by atoms with E-state index in [1.54, 1.807) is 4.90 Å². The molecular formula is C15H22BN2O2. The lowest BCUT2D eigenvalue weighted by atomic mass is 9.80. The molecule has 0 spiro atoms. The fraction of sp³-hybridized carbons (Fsp3) is 0.533. The van der Waals surface area contributed by atoms with Crippen molar-refractivity contribution in [2.45, 2.75) is 26.4 Å². The highest BCUT2D eigenvalue weighted by molar-refractivity contribution is 6.50. The highest BCUT2D eigenvalue weighted by atomic mass is 16.6. The number of rotatable bonds is 2. The van der Waals surface area contributed by atoms with Gasteiger partial charge in [-0.25, -0.2) is 4.79 Å². The maximum atomic E-state index is 12.0. The zero-order valence-electron chi connectivity index (χ0n) is 12.5. The molecule has 1 aromatic rings. The quantitative estimate of drug-likeness (QED) is 0.765. The topological polar surface area (TPSA) is 32.8 Å². The number of carbonyl (C=O) groups is 1. The lowest BCUT2D eigenvalue weighted by Crippen LogP contribution is -2.52. The Labute approximate surface area is 122 Å². The van der Waals surface area contributed by atoms with Crippen molar-refractivity contribution >= 4 is 19.0 Å². The summed E-state index contributed by atoms with van der Waals surface area (Å²) in [5.41, 5.74) is 0.767. The van der Waals surface area contributed by atoms with Gasteiger partial charge in [0.25, 0.3) is 0 Å². The molecular weight excluding hydrogens is 251 g/mol. The summed E-state index contributed by atoms with van der Waals surface area (Å²) in [7, 11) is 2.15. The lowest BCUT2D eigenvalue weighted by Gasteiger charge is -2.35. The maximum Gasteiger partial charge on any atom is 0.410 e. The van der Waals surface area contributed by atoms with E-state index in [0.29, 0.717) is 13.1 Å². The Morgan fingerprint density at radius 2 is 1.70 bits per heavy atom. The normalized spacial score (nSPS) is 16.9. The number of piperazine rings is 1. The van der Waals surface area contributed by atoms with Crippen LogP contribution in [0.3, 0.4) is 0 Å². The van der Waals surface area contributed by atoms with Crippen LogP contribution in [-0.2, 0) is 4.74 Å². The number of hydrogen-bond donors (Lipinski definition) is 0. The maximum absolute atomic E-state index is 12.0. The third kappa shape index (κ3) is 4.56. The fourth-order valence-corrected chi connectivity index (χ4v) is 2.11. The summed E-state index contributed by atoms with van der Waals surface area (Å²) in [6.07, 6.45) is -0.211. The van der Waals surface area contributed by atoms with Crippen LogP contribution in [0.25, 0.3) is 0 Å². The smallest absolute Gasteiger partial charge is 0.410 e. The van der Waals surface area contributed by atoms with E-state index < -0.39 is 5.60 Å². The van der Waals surface area contributed by atoms with Gasteiger partial charge in [0.05, 0.1) is 0 Å². The molecule has 1 amide bonds. The zero-order chi connectivity index (χ0) is 14.6. The van der Waals surface area contributed by atoms with Gasteiger partial charge in [0, 0.05) is 26.2 Å². The van der Waals surface area contributed by atoms with Crippen molar-refractivity contribution in [3.05, 3.63) is 30.3 Å². The van der Waals surface area contributed by atoms with Gasteiger partial charge in [-0.2, -0.15) is 0 Å². The first-order chi connectivity index (χ1) is 9.44. The Hall–Kier alpha value is -1.49. The third-order valence-corrected chi connectivity index (χ3v) is 3.10. The SMILES string of the molecule is CC(C)(C)OC(=O)N1CCN([B]c2ccccc2)CC1. The molecule has 0 saturated carbocycles. The average Bonchev–Trinajstić information content (AvgIpc) is 2.39. The van der Waals surface area contributed by atoms with Gasteiger partial charge in [0.15, 0.2) is 0 Å². The van der Waals surface area contributed by atoms with Crippen molar-refractivity contribution in [2.75, 3.05) is 26.2 Å². The molecule has 107 valence electrons. The predicted molar refractivity (Wildman–Crippen MR) is 81.2 cm³/mol. The number of carbonyl (C=O) groups excluding carboxylic acids is 1. The van der Waals surface area contributed by atoms with Crippen LogP contribution in [0.5, 0.6) is 0 Å². The van der Waals surface area contributed by atoms with E-state index in [0.717, 1.165) is 13.1 Å². The van der Waals surface area contributed by atoms with Gasteiger partial charge < -0.3 is 14.4 Å². The van der Waals surface area contributed by atoms with Crippen LogP contribution in [0.15, 0.2) is 30.3 Å². The van der Waals surface area contributed by atoms with E-state index in [1.165, 1.54) is 5.46 Å². The molecule has 1 heterocycles. The Morgan fingerprint density at radius 3 is 2.25 bits per heavy atom. The average molecular weight is 273 g/mol. The summed E-state index contributed by atoms with van der Waals surface area (Å²) in [5.74, 6) is 0. The second-order valence-electron chi connectivity index (χ2n) is 6.04. The van der Waals surface area contributed by atoms with Crippen molar-refractivity contribution in [2.24, 2.45) is 0 Å². The summed E-state index contributed by atoms with van der Waals surface area (Å²) in [6, 6.07) is 10.2. The molecule has 1 aliphatic rings. The van der Waals surface area contributed by atoms with Crippen LogP contribution in [0.2, 0.25) is 0 Å². The number of nitrogens with zero attached hydrogens (tertiary/aromatic N) is 2. The molecule has 0 atom stereocenters. The lowest BCUT2D eigenvalue weighted by molar-refractivity contribution is 0.0193. The molecule has 1 aliphatic heterocycles. The molecule has 20 heavy (non-hydrogen) atoms. The second-order valence-corrected chi connectivity index (χ2v) is 6.04. The van der Waals surface area contributed by atoms with Gasteiger partial charge >= 0.3 is 6.09 Å². The minimum absolute atomic E-state index is 0.211. The van der Waals surface area contributed by atoms with Crippen molar-refractivity contribution < 1.29 is 9.53 Å². The second kappa shape index (κ2) is 6.31. The molecule has 0 N–H and O–H groups in total. The van der Waals surface area contributed by atoms with E-state index in [2.05, 4.69) is 24.4 Å². The van der Waals surface area contributed by atoms with E-state index in [4.69, 9.17) is 4.74 Å². The molecule has 0 aromatic heterocycles. The van der Waals surface area contributed by atoms with Crippen molar-refractivity contribution in [3.8, 4) is 0 Å². The molecule has 0 unspecified atom stereocenters. The van der Waals surface area contributed by atoms with E-state index in [-0.39, 0.29) is 6.09 Å². The molecule has 0 aliphatic carbocycles. The Morgan fingerprint density at radius 1 is 1.10 bits per heavy atom. The van der Waals surface area contributed by atoms with Crippen molar-refractivity contribution in [1.29, 1.82) is 0 Å². The number of hydrogen-bond acceptors (Lipinski definition) is 3. The first-order valence-corrected chi connectivity index (χ1v) is 7.06. The first kappa shape index (κ1) is 14.9. The molecule has 1 saturated heterocycles. The van der Waals surface area contributed by atoms with Gasteiger partial charge in [0.2, 0.25) is 7.41 Å². The monoisotopic (exact) mass is 273 g/mol. The summed E-state index contributed by atoms with van der Waals surface area (Å²) < 4.78 is 5.39. The van der Waals surface area contributed by atoms with Crippen LogP contribution in [0.1, 0.15) is 20.8 Å². The highest BCUT2D eigenvalue weighted by Gasteiger charge is 2.25. The summed E-state index contributed by atoms with van der Waals surface area (Å²) in [4.78, 5) is 16.0. The standard InChI is InChI=1S/C15H22BN2O2/c1-15(2,3)20-14(19)17-9-11-18(12-10-17)16-13-7-5-4-6-8-13/h4-8H,9-12H2,1-3H3. The van der Waals surface area contributed by atoms with Gasteiger partial charge in [-0.05, 0) is 20.8 Å². The van der Waals surface area contributed by atoms with Crippen molar-refractivity contribution in [3.63, 3.8) is 0 Å². The van der Waals surface area contributed by atoms with Crippen LogP contribution < -0.4 is 5.46 Å². The minimum Gasteiger partial charge on any atom is -0.444 e. The number of amides is 1.